The van der Waals surface area contributed by atoms with Gasteiger partial charge >= 0.3 is 0 Å². The minimum Gasteiger partial charge on any atom is -0.377 e. The van der Waals surface area contributed by atoms with Crippen molar-refractivity contribution in [3.63, 3.8) is 0 Å². The highest BCUT2D eigenvalue weighted by atomic mass is 35.5. The van der Waals surface area contributed by atoms with Gasteiger partial charge in [-0.3, -0.25) is 14.6 Å². The van der Waals surface area contributed by atoms with E-state index in [1.165, 1.54) is 18.4 Å². The van der Waals surface area contributed by atoms with Crippen LogP contribution in [0.15, 0.2) is 42.5 Å². The van der Waals surface area contributed by atoms with Gasteiger partial charge in [-0.25, -0.2) is 0 Å². The molecule has 160 valence electrons. The van der Waals surface area contributed by atoms with Gasteiger partial charge in [-0.1, -0.05) is 23.7 Å². The van der Waals surface area contributed by atoms with E-state index in [0.717, 1.165) is 57.1 Å². The molecule has 2 saturated heterocycles. The number of hydrogen-bond acceptors (Lipinski definition) is 4. The molecule has 0 saturated carbocycles. The highest BCUT2D eigenvalue weighted by Gasteiger charge is 2.22. The van der Waals surface area contributed by atoms with Gasteiger partial charge < -0.3 is 10.1 Å². The second-order valence-electron chi connectivity index (χ2n) is 8.33. The molecular weight excluding hydrogens is 398 g/mol. The van der Waals surface area contributed by atoms with Crippen molar-refractivity contribution in [2.75, 3.05) is 44.6 Å². The molecule has 2 fully saturated rings. The summed E-state index contributed by atoms with van der Waals surface area (Å²) in [6.45, 7) is 9.20. The van der Waals surface area contributed by atoms with Crippen LogP contribution in [0.3, 0.4) is 0 Å². The molecule has 30 heavy (non-hydrogen) atoms. The number of amides is 1. The van der Waals surface area contributed by atoms with Crippen LogP contribution in [0.1, 0.15) is 34.3 Å². The van der Waals surface area contributed by atoms with Crippen LogP contribution in [0.5, 0.6) is 0 Å². The average molecular weight is 428 g/mol. The van der Waals surface area contributed by atoms with E-state index in [-0.39, 0.29) is 5.91 Å². The van der Waals surface area contributed by atoms with Crippen LogP contribution >= 0.6 is 11.6 Å². The molecule has 0 aromatic heterocycles. The smallest absolute Gasteiger partial charge is 0.255 e. The summed E-state index contributed by atoms with van der Waals surface area (Å²) >= 11 is 6.05. The minimum atomic E-state index is -0.106. The molecule has 2 heterocycles. The maximum absolute atomic E-state index is 12.5. The van der Waals surface area contributed by atoms with E-state index in [1.54, 1.807) is 6.07 Å². The van der Waals surface area contributed by atoms with Crippen molar-refractivity contribution in [1.29, 1.82) is 0 Å². The normalized spacial score (nSPS) is 20.4. The zero-order chi connectivity index (χ0) is 20.9. The number of carbonyl (C=O) groups excluding carboxylic acids is 1. The number of carbonyl (C=O) groups is 1. The van der Waals surface area contributed by atoms with E-state index in [1.807, 2.05) is 31.2 Å². The average Bonchev–Trinajstić information content (AvgIpc) is 3.26. The summed E-state index contributed by atoms with van der Waals surface area (Å²) in [6, 6.07) is 13.4. The number of rotatable bonds is 6. The Morgan fingerprint density at radius 1 is 1.10 bits per heavy atom. The SMILES string of the molecule is Cc1cc(NC(=O)c2ccc(CN3CCN(C[C@H]4CCCO4)CC3)cc2)ccc1Cl. The number of halogens is 1. The first-order valence-electron chi connectivity index (χ1n) is 10.8. The molecule has 1 amide bonds. The van der Waals surface area contributed by atoms with E-state index in [4.69, 9.17) is 16.3 Å². The van der Waals surface area contributed by atoms with Crippen molar-refractivity contribution in [3.8, 4) is 0 Å². The van der Waals surface area contributed by atoms with Crippen LogP contribution in [0.4, 0.5) is 5.69 Å². The fourth-order valence-corrected chi connectivity index (χ4v) is 4.27. The van der Waals surface area contributed by atoms with E-state index in [0.29, 0.717) is 16.7 Å². The lowest BCUT2D eigenvalue weighted by molar-refractivity contribution is 0.0489. The van der Waals surface area contributed by atoms with Crippen LogP contribution < -0.4 is 5.32 Å². The van der Waals surface area contributed by atoms with Crippen molar-refractivity contribution in [2.24, 2.45) is 0 Å². The third-order valence-electron chi connectivity index (χ3n) is 5.99. The second-order valence-corrected chi connectivity index (χ2v) is 8.73. The lowest BCUT2D eigenvalue weighted by atomic mass is 10.1. The Morgan fingerprint density at radius 3 is 2.50 bits per heavy atom. The fraction of sp³-hybridized carbons (Fsp3) is 0.458. The standard InChI is InChI=1S/C24H30ClN3O2/c1-18-15-21(8-9-23(18)25)26-24(29)20-6-4-19(5-7-20)16-27-10-12-28(13-11-27)17-22-3-2-14-30-22/h4-9,15,22H,2-3,10-14,16-17H2,1H3,(H,26,29)/t22-/m1/s1. The van der Waals surface area contributed by atoms with Gasteiger partial charge in [0.05, 0.1) is 6.10 Å². The predicted octanol–water partition coefficient (Wildman–Crippen LogP) is 4.20. The monoisotopic (exact) mass is 427 g/mol. The van der Waals surface area contributed by atoms with Crippen LogP contribution in [0.25, 0.3) is 0 Å². The highest BCUT2D eigenvalue weighted by Crippen LogP contribution is 2.20. The Kier molecular flexibility index (Phi) is 7.05. The summed E-state index contributed by atoms with van der Waals surface area (Å²) in [7, 11) is 0. The molecule has 4 rings (SSSR count). The van der Waals surface area contributed by atoms with Crippen LogP contribution in [-0.4, -0.2) is 61.1 Å². The lowest BCUT2D eigenvalue weighted by Gasteiger charge is -2.35. The summed E-state index contributed by atoms with van der Waals surface area (Å²) in [5.41, 5.74) is 3.60. The summed E-state index contributed by atoms with van der Waals surface area (Å²) in [5.74, 6) is -0.106. The predicted molar refractivity (Wildman–Crippen MR) is 121 cm³/mol. The Hall–Kier alpha value is -1.92. The highest BCUT2D eigenvalue weighted by molar-refractivity contribution is 6.31. The summed E-state index contributed by atoms with van der Waals surface area (Å²) in [6.07, 6.45) is 2.85. The van der Waals surface area contributed by atoms with Crippen molar-refractivity contribution in [3.05, 3.63) is 64.2 Å². The van der Waals surface area contributed by atoms with Crippen molar-refractivity contribution >= 4 is 23.2 Å². The van der Waals surface area contributed by atoms with Gasteiger partial charge in [0.25, 0.3) is 5.91 Å². The molecular formula is C24H30ClN3O2. The molecule has 2 aliphatic heterocycles. The van der Waals surface area contributed by atoms with E-state index in [2.05, 4.69) is 27.2 Å². The number of piperazine rings is 1. The quantitative estimate of drug-likeness (QED) is 0.750. The zero-order valence-electron chi connectivity index (χ0n) is 17.6. The first-order valence-corrected chi connectivity index (χ1v) is 11.2. The number of ether oxygens (including phenoxy) is 1. The molecule has 0 spiro atoms. The number of anilines is 1. The van der Waals surface area contributed by atoms with Gasteiger partial charge in [0.15, 0.2) is 0 Å². The van der Waals surface area contributed by atoms with Gasteiger partial charge in [0.1, 0.15) is 0 Å². The van der Waals surface area contributed by atoms with Gasteiger partial charge in [0, 0.05) is 62.1 Å². The zero-order valence-corrected chi connectivity index (χ0v) is 18.3. The molecule has 0 radical (unpaired) electrons. The van der Waals surface area contributed by atoms with Crippen LogP contribution in [-0.2, 0) is 11.3 Å². The van der Waals surface area contributed by atoms with Gasteiger partial charge in [-0.15, -0.1) is 0 Å². The van der Waals surface area contributed by atoms with Gasteiger partial charge in [-0.2, -0.15) is 0 Å². The largest absolute Gasteiger partial charge is 0.377 e. The number of aryl methyl sites for hydroxylation is 1. The molecule has 0 bridgehead atoms. The second kappa shape index (κ2) is 9.92. The number of benzene rings is 2. The van der Waals surface area contributed by atoms with Crippen LogP contribution in [0, 0.1) is 6.92 Å². The number of nitrogens with zero attached hydrogens (tertiary/aromatic N) is 2. The lowest BCUT2D eigenvalue weighted by Crippen LogP contribution is -2.48. The molecule has 5 nitrogen and oxygen atoms in total. The van der Waals surface area contributed by atoms with E-state index < -0.39 is 0 Å². The molecule has 0 unspecified atom stereocenters. The number of nitrogens with one attached hydrogen (secondary N) is 1. The van der Waals surface area contributed by atoms with Crippen molar-refractivity contribution in [2.45, 2.75) is 32.4 Å². The molecule has 2 aromatic carbocycles. The van der Waals surface area contributed by atoms with Crippen molar-refractivity contribution in [1.82, 2.24) is 9.80 Å². The Labute approximate surface area is 184 Å². The molecule has 1 atom stereocenters. The van der Waals surface area contributed by atoms with E-state index >= 15 is 0 Å². The van der Waals surface area contributed by atoms with E-state index in [9.17, 15) is 4.79 Å². The molecule has 2 aromatic rings. The molecule has 2 aliphatic rings. The Balaban J connectivity index is 1.25. The maximum Gasteiger partial charge on any atom is 0.255 e. The maximum atomic E-state index is 12.5. The van der Waals surface area contributed by atoms with Gasteiger partial charge in [-0.05, 0) is 61.2 Å². The summed E-state index contributed by atoms with van der Waals surface area (Å²) in [4.78, 5) is 17.5. The molecule has 0 aliphatic carbocycles. The molecule has 1 N–H and O–H groups in total. The number of hydrogen-bond donors (Lipinski definition) is 1. The summed E-state index contributed by atoms with van der Waals surface area (Å²) < 4.78 is 5.76. The third kappa shape index (κ3) is 5.61. The minimum absolute atomic E-state index is 0.106. The van der Waals surface area contributed by atoms with Gasteiger partial charge in [0.2, 0.25) is 0 Å². The van der Waals surface area contributed by atoms with Crippen molar-refractivity contribution < 1.29 is 9.53 Å². The first-order chi connectivity index (χ1) is 14.6. The fourth-order valence-electron chi connectivity index (χ4n) is 4.15. The first kappa shape index (κ1) is 21.3. The topological polar surface area (TPSA) is 44.8 Å². The Morgan fingerprint density at radius 2 is 1.83 bits per heavy atom. The summed E-state index contributed by atoms with van der Waals surface area (Å²) in [5, 5.41) is 3.64. The van der Waals surface area contributed by atoms with Crippen LogP contribution in [0.2, 0.25) is 5.02 Å². The Bertz CT molecular complexity index is 857. The third-order valence-corrected chi connectivity index (χ3v) is 6.41. The molecule has 6 heteroatoms.